The standard InChI is InChI=1S/C23H20O4/c1-16-5-7-18(8-6-16)19-9-11-22(12-10-19)27-15-21(24)14-17-3-2-4-20(13-17)23(25)26/h2-13H,14-15H2,1H3,(H,25,26). The summed E-state index contributed by atoms with van der Waals surface area (Å²) in [6.07, 6.45) is 0.141. The molecule has 3 aromatic rings. The van der Waals surface area contributed by atoms with Crippen molar-refractivity contribution in [2.75, 3.05) is 6.61 Å². The number of benzene rings is 3. The number of ketones is 1. The first-order valence-electron chi connectivity index (χ1n) is 8.65. The first-order chi connectivity index (χ1) is 13.0. The Morgan fingerprint density at radius 1 is 0.889 bits per heavy atom. The van der Waals surface area contributed by atoms with Crippen LogP contribution in [0.2, 0.25) is 0 Å². The molecule has 4 heteroatoms. The van der Waals surface area contributed by atoms with Crippen LogP contribution < -0.4 is 4.74 Å². The summed E-state index contributed by atoms with van der Waals surface area (Å²) < 4.78 is 5.56. The van der Waals surface area contributed by atoms with Crippen molar-refractivity contribution in [2.45, 2.75) is 13.3 Å². The van der Waals surface area contributed by atoms with Crippen molar-refractivity contribution in [2.24, 2.45) is 0 Å². The van der Waals surface area contributed by atoms with E-state index in [0.717, 1.165) is 11.1 Å². The van der Waals surface area contributed by atoms with Crippen molar-refractivity contribution in [3.8, 4) is 16.9 Å². The smallest absolute Gasteiger partial charge is 0.335 e. The molecule has 136 valence electrons. The highest BCUT2D eigenvalue weighted by Gasteiger charge is 2.08. The summed E-state index contributed by atoms with van der Waals surface area (Å²) in [6, 6.07) is 22.3. The third kappa shape index (κ3) is 5.05. The number of aryl methyl sites for hydroxylation is 1. The van der Waals surface area contributed by atoms with E-state index < -0.39 is 5.97 Å². The summed E-state index contributed by atoms with van der Waals surface area (Å²) in [6.45, 7) is 2.00. The van der Waals surface area contributed by atoms with Crippen LogP contribution in [0.3, 0.4) is 0 Å². The molecule has 0 aliphatic carbocycles. The number of hydrogen-bond donors (Lipinski definition) is 1. The van der Waals surface area contributed by atoms with E-state index in [1.807, 2.05) is 24.3 Å². The van der Waals surface area contributed by atoms with Gasteiger partial charge in [0.2, 0.25) is 0 Å². The van der Waals surface area contributed by atoms with Crippen molar-refractivity contribution < 1.29 is 19.4 Å². The molecule has 0 fully saturated rings. The highest BCUT2D eigenvalue weighted by Crippen LogP contribution is 2.22. The molecule has 4 nitrogen and oxygen atoms in total. The molecule has 0 bridgehead atoms. The van der Waals surface area contributed by atoms with Crippen LogP contribution in [0.1, 0.15) is 21.5 Å². The zero-order chi connectivity index (χ0) is 19.2. The molecular weight excluding hydrogens is 340 g/mol. The fraction of sp³-hybridized carbons (Fsp3) is 0.130. The largest absolute Gasteiger partial charge is 0.486 e. The summed E-state index contributed by atoms with van der Waals surface area (Å²) >= 11 is 0. The lowest BCUT2D eigenvalue weighted by atomic mass is 10.0. The Bertz CT molecular complexity index is 941. The monoisotopic (exact) mass is 360 g/mol. The Labute approximate surface area is 158 Å². The van der Waals surface area contributed by atoms with Gasteiger partial charge >= 0.3 is 5.97 Å². The van der Waals surface area contributed by atoms with E-state index in [0.29, 0.717) is 11.3 Å². The molecule has 3 aromatic carbocycles. The lowest BCUT2D eigenvalue weighted by Crippen LogP contribution is -2.14. The van der Waals surface area contributed by atoms with Gasteiger partial charge in [0.15, 0.2) is 5.78 Å². The van der Waals surface area contributed by atoms with Crippen LogP contribution in [0.4, 0.5) is 0 Å². The number of carbonyl (C=O) groups excluding carboxylic acids is 1. The normalized spacial score (nSPS) is 10.4. The lowest BCUT2D eigenvalue weighted by Gasteiger charge is -2.08. The number of rotatable bonds is 7. The van der Waals surface area contributed by atoms with E-state index in [9.17, 15) is 9.59 Å². The molecule has 3 rings (SSSR count). The molecule has 0 radical (unpaired) electrons. The Morgan fingerprint density at radius 3 is 2.15 bits per heavy atom. The highest BCUT2D eigenvalue weighted by atomic mass is 16.5. The van der Waals surface area contributed by atoms with Gasteiger partial charge in [-0.1, -0.05) is 54.1 Å². The van der Waals surface area contributed by atoms with Gasteiger partial charge in [0.1, 0.15) is 12.4 Å². The van der Waals surface area contributed by atoms with E-state index in [4.69, 9.17) is 9.84 Å². The predicted octanol–water partition coefficient (Wildman–Crippen LogP) is 4.55. The minimum absolute atomic E-state index is 0.0544. The SMILES string of the molecule is Cc1ccc(-c2ccc(OCC(=O)Cc3cccc(C(=O)O)c3)cc2)cc1. The fourth-order valence-electron chi connectivity index (χ4n) is 2.75. The molecule has 0 atom stereocenters. The van der Waals surface area contributed by atoms with Crippen LogP contribution in [0.25, 0.3) is 11.1 Å². The molecule has 0 saturated carbocycles. The maximum absolute atomic E-state index is 12.1. The summed E-state index contributed by atoms with van der Waals surface area (Å²) in [4.78, 5) is 23.1. The van der Waals surface area contributed by atoms with Crippen molar-refractivity contribution in [3.05, 3.63) is 89.5 Å². The van der Waals surface area contributed by atoms with Gasteiger partial charge < -0.3 is 9.84 Å². The molecule has 0 spiro atoms. The molecule has 0 aromatic heterocycles. The molecule has 27 heavy (non-hydrogen) atoms. The van der Waals surface area contributed by atoms with E-state index in [2.05, 4.69) is 31.2 Å². The molecule has 1 N–H and O–H groups in total. The van der Waals surface area contributed by atoms with Crippen LogP contribution in [-0.2, 0) is 11.2 Å². The van der Waals surface area contributed by atoms with Crippen LogP contribution >= 0.6 is 0 Å². The van der Waals surface area contributed by atoms with Crippen molar-refractivity contribution in [3.63, 3.8) is 0 Å². The minimum Gasteiger partial charge on any atom is -0.486 e. The highest BCUT2D eigenvalue weighted by molar-refractivity contribution is 5.88. The number of ether oxygens (including phenoxy) is 1. The van der Waals surface area contributed by atoms with Gasteiger partial charge in [-0.15, -0.1) is 0 Å². The van der Waals surface area contributed by atoms with Crippen molar-refractivity contribution in [1.82, 2.24) is 0 Å². The third-order valence-corrected chi connectivity index (χ3v) is 4.21. The summed E-state index contributed by atoms with van der Waals surface area (Å²) in [5.74, 6) is -0.493. The average molecular weight is 360 g/mol. The van der Waals surface area contributed by atoms with Gasteiger partial charge in [0.05, 0.1) is 5.56 Å². The number of carboxylic acids is 1. The van der Waals surface area contributed by atoms with Gasteiger partial charge in [-0.05, 0) is 47.9 Å². The van der Waals surface area contributed by atoms with Crippen LogP contribution in [0.15, 0.2) is 72.8 Å². The van der Waals surface area contributed by atoms with E-state index >= 15 is 0 Å². The van der Waals surface area contributed by atoms with E-state index in [1.165, 1.54) is 17.7 Å². The van der Waals surface area contributed by atoms with E-state index in [-0.39, 0.29) is 24.4 Å². The Hall–Kier alpha value is -3.40. The number of Topliss-reactive ketones (excluding diaryl/α,β-unsaturated/α-hetero) is 1. The molecular formula is C23H20O4. The van der Waals surface area contributed by atoms with Crippen LogP contribution in [0, 0.1) is 6.92 Å². The quantitative estimate of drug-likeness (QED) is 0.671. The summed E-state index contributed by atoms with van der Waals surface area (Å²) in [7, 11) is 0. The second kappa shape index (κ2) is 8.32. The second-order valence-electron chi connectivity index (χ2n) is 6.40. The second-order valence-corrected chi connectivity index (χ2v) is 6.40. The van der Waals surface area contributed by atoms with E-state index in [1.54, 1.807) is 12.1 Å². The Balaban J connectivity index is 1.56. The molecule has 0 aliphatic heterocycles. The number of aromatic carboxylic acids is 1. The number of carboxylic acid groups (broad SMARTS) is 1. The summed E-state index contributed by atoms with van der Waals surface area (Å²) in [5, 5.41) is 9.00. The lowest BCUT2D eigenvalue weighted by molar-refractivity contribution is -0.120. The average Bonchev–Trinajstić information content (AvgIpc) is 2.68. The van der Waals surface area contributed by atoms with Gasteiger partial charge in [0.25, 0.3) is 0 Å². The van der Waals surface area contributed by atoms with Gasteiger partial charge in [-0.2, -0.15) is 0 Å². The first kappa shape index (κ1) is 18.4. The molecule has 0 aliphatic rings. The maximum Gasteiger partial charge on any atom is 0.335 e. The first-order valence-corrected chi connectivity index (χ1v) is 8.65. The predicted molar refractivity (Wildman–Crippen MR) is 104 cm³/mol. The summed E-state index contributed by atoms with van der Waals surface area (Å²) in [5.41, 5.74) is 4.26. The van der Waals surface area contributed by atoms with Crippen molar-refractivity contribution >= 4 is 11.8 Å². The minimum atomic E-state index is -1.01. The zero-order valence-corrected chi connectivity index (χ0v) is 15.0. The Kier molecular flexibility index (Phi) is 5.67. The molecule has 0 heterocycles. The van der Waals surface area contributed by atoms with Crippen LogP contribution in [-0.4, -0.2) is 23.5 Å². The zero-order valence-electron chi connectivity index (χ0n) is 15.0. The molecule has 0 saturated heterocycles. The van der Waals surface area contributed by atoms with Gasteiger partial charge in [-0.3, -0.25) is 4.79 Å². The number of carbonyl (C=O) groups is 2. The molecule has 0 unspecified atom stereocenters. The maximum atomic E-state index is 12.1. The third-order valence-electron chi connectivity index (χ3n) is 4.21. The van der Waals surface area contributed by atoms with Gasteiger partial charge in [-0.25, -0.2) is 4.79 Å². The van der Waals surface area contributed by atoms with Gasteiger partial charge in [0, 0.05) is 6.42 Å². The topological polar surface area (TPSA) is 63.6 Å². The Morgan fingerprint density at radius 2 is 1.52 bits per heavy atom. The fourth-order valence-corrected chi connectivity index (χ4v) is 2.75. The molecule has 0 amide bonds. The number of hydrogen-bond acceptors (Lipinski definition) is 3. The van der Waals surface area contributed by atoms with Crippen LogP contribution in [0.5, 0.6) is 5.75 Å². The van der Waals surface area contributed by atoms with Crippen molar-refractivity contribution in [1.29, 1.82) is 0 Å².